The molecule has 0 bridgehead atoms. The van der Waals surface area contributed by atoms with Crippen LogP contribution >= 0.6 is 12.4 Å². The summed E-state index contributed by atoms with van der Waals surface area (Å²) < 4.78 is 5.30. The zero-order valence-corrected chi connectivity index (χ0v) is 13.7. The molecule has 1 aromatic rings. The summed E-state index contributed by atoms with van der Waals surface area (Å²) in [7, 11) is 0. The van der Waals surface area contributed by atoms with Crippen molar-refractivity contribution in [1.82, 2.24) is 15.6 Å². The fourth-order valence-corrected chi connectivity index (χ4v) is 2.76. The van der Waals surface area contributed by atoms with Gasteiger partial charge in [-0.05, 0) is 19.8 Å². The van der Waals surface area contributed by atoms with E-state index >= 15 is 0 Å². The van der Waals surface area contributed by atoms with Crippen molar-refractivity contribution < 1.29 is 9.21 Å². The van der Waals surface area contributed by atoms with Gasteiger partial charge in [-0.3, -0.25) is 4.79 Å². The van der Waals surface area contributed by atoms with Gasteiger partial charge in [0.2, 0.25) is 5.76 Å². The molecule has 1 aliphatic carbocycles. The Labute approximate surface area is 132 Å². The van der Waals surface area contributed by atoms with Crippen molar-refractivity contribution in [2.45, 2.75) is 58.4 Å². The Morgan fingerprint density at radius 3 is 2.43 bits per heavy atom. The molecule has 2 rings (SSSR count). The zero-order chi connectivity index (χ0) is 14.4. The van der Waals surface area contributed by atoms with Crippen LogP contribution in [0, 0.1) is 13.8 Å². The summed E-state index contributed by atoms with van der Waals surface area (Å²) in [5, 5.41) is 6.40. The van der Waals surface area contributed by atoms with Gasteiger partial charge in [0.05, 0.1) is 5.69 Å². The molecule has 6 heteroatoms. The van der Waals surface area contributed by atoms with Crippen LogP contribution in [0.2, 0.25) is 0 Å². The number of rotatable bonds is 5. The van der Waals surface area contributed by atoms with Crippen molar-refractivity contribution in [3.05, 3.63) is 17.3 Å². The number of nitrogens with zero attached hydrogens (tertiary/aromatic N) is 1. The number of aromatic nitrogens is 1. The molecule has 0 aliphatic heterocycles. The minimum Gasteiger partial charge on any atom is -0.436 e. The lowest BCUT2D eigenvalue weighted by Crippen LogP contribution is -2.36. The lowest BCUT2D eigenvalue weighted by Gasteiger charge is -2.16. The first kappa shape index (κ1) is 18.0. The van der Waals surface area contributed by atoms with E-state index in [1.54, 1.807) is 13.8 Å². The Morgan fingerprint density at radius 1 is 1.19 bits per heavy atom. The summed E-state index contributed by atoms with van der Waals surface area (Å²) in [6.45, 7) is 4.96. The van der Waals surface area contributed by atoms with Crippen molar-refractivity contribution in [3.63, 3.8) is 0 Å². The van der Waals surface area contributed by atoms with Gasteiger partial charge >= 0.3 is 0 Å². The molecule has 0 spiro atoms. The number of hydrogen-bond donors (Lipinski definition) is 2. The van der Waals surface area contributed by atoms with Gasteiger partial charge in [0.1, 0.15) is 0 Å². The number of amides is 1. The number of oxazole rings is 1. The second-order valence-electron chi connectivity index (χ2n) is 5.55. The van der Waals surface area contributed by atoms with Gasteiger partial charge in [0, 0.05) is 26.1 Å². The quantitative estimate of drug-likeness (QED) is 0.647. The maximum atomic E-state index is 11.9. The molecule has 1 saturated carbocycles. The van der Waals surface area contributed by atoms with Crippen LogP contribution in [0.4, 0.5) is 0 Å². The molecule has 0 saturated heterocycles. The number of nitrogens with one attached hydrogen (secondary N) is 2. The Bertz CT molecular complexity index is 440. The monoisotopic (exact) mass is 315 g/mol. The highest BCUT2D eigenvalue weighted by atomic mass is 35.5. The normalized spacial score (nSPS) is 16.1. The predicted molar refractivity (Wildman–Crippen MR) is 85.1 cm³/mol. The van der Waals surface area contributed by atoms with Crippen molar-refractivity contribution in [1.29, 1.82) is 0 Å². The van der Waals surface area contributed by atoms with Crippen molar-refractivity contribution in [3.8, 4) is 0 Å². The second-order valence-corrected chi connectivity index (χ2v) is 5.55. The Hall–Kier alpha value is -1.07. The average molecular weight is 316 g/mol. The molecule has 1 heterocycles. The molecular formula is C15H26ClN3O2. The van der Waals surface area contributed by atoms with Gasteiger partial charge in [0.25, 0.3) is 5.91 Å². The number of aryl methyl sites for hydroxylation is 2. The summed E-state index contributed by atoms with van der Waals surface area (Å²) in [6.07, 6.45) is 7.88. The molecule has 0 radical (unpaired) electrons. The Balaban J connectivity index is 0.00000220. The molecule has 0 unspecified atom stereocenters. The third-order valence-electron chi connectivity index (χ3n) is 3.81. The van der Waals surface area contributed by atoms with Crippen molar-refractivity contribution in [2.24, 2.45) is 0 Å². The topological polar surface area (TPSA) is 67.2 Å². The molecular weight excluding hydrogens is 290 g/mol. The maximum Gasteiger partial charge on any atom is 0.289 e. The van der Waals surface area contributed by atoms with Crippen LogP contribution < -0.4 is 10.6 Å². The molecule has 0 atom stereocenters. The van der Waals surface area contributed by atoms with E-state index in [4.69, 9.17) is 4.42 Å². The fraction of sp³-hybridized carbons (Fsp3) is 0.733. The largest absolute Gasteiger partial charge is 0.436 e. The number of carbonyl (C=O) groups excluding carboxylic acids is 1. The van der Waals surface area contributed by atoms with Crippen LogP contribution in [0.3, 0.4) is 0 Å². The Kier molecular flexibility index (Phi) is 7.75. The lowest BCUT2D eigenvalue weighted by atomic mass is 10.1. The number of hydrogen-bond acceptors (Lipinski definition) is 4. The van der Waals surface area contributed by atoms with Crippen LogP contribution in [-0.2, 0) is 0 Å². The van der Waals surface area contributed by atoms with Crippen LogP contribution in [0.25, 0.3) is 0 Å². The molecule has 120 valence electrons. The average Bonchev–Trinajstić information content (AvgIpc) is 2.64. The molecule has 1 aliphatic rings. The molecule has 21 heavy (non-hydrogen) atoms. The van der Waals surface area contributed by atoms with E-state index in [9.17, 15) is 4.79 Å². The minimum absolute atomic E-state index is 0. The van der Waals surface area contributed by atoms with E-state index in [0.717, 1.165) is 6.54 Å². The third-order valence-corrected chi connectivity index (χ3v) is 3.81. The van der Waals surface area contributed by atoms with Gasteiger partial charge in [-0.1, -0.05) is 25.7 Å². The van der Waals surface area contributed by atoms with E-state index in [1.807, 2.05) is 0 Å². The molecule has 1 fully saturated rings. The standard InChI is InChI=1S/C15H25N3O2.ClH/c1-11-14(20-12(2)18-11)15(19)17-10-9-16-13-7-5-3-4-6-8-13;/h13,16H,3-10H2,1-2H3,(H,17,19);1H. The van der Waals surface area contributed by atoms with Gasteiger partial charge in [-0.15, -0.1) is 12.4 Å². The van der Waals surface area contributed by atoms with Gasteiger partial charge in [-0.25, -0.2) is 4.98 Å². The zero-order valence-electron chi connectivity index (χ0n) is 12.9. The van der Waals surface area contributed by atoms with E-state index in [-0.39, 0.29) is 18.3 Å². The maximum absolute atomic E-state index is 11.9. The smallest absolute Gasteiger partial charge is 0.289 e. The first-order valence-electron chi connectivity index (χ1n) is 7.62. The lowest BCUT2D eigenvalue weighted by molar-refractivity contribution is 0.0923. The highest BCUT2D eigenvalue weighted by Gasteiger charge is 2.15. The van der Waals surface area contributed by atoms with Gasteiger partial charge in [0.15, 0.2) is 5.89 Å². The third kappa shape index (κ3) is 5.67. The van der Waals surface area contributed by atoms with Crippen LogP contribution in [-0.4, -0.2) is 30.0 Å². The van der Waals surface area contributed by atoms with Gasteiger partial charge in [-0.2, -0.15) is 0 Å². The fourth-order valence-electron chi connectivity index (χ4n) is 2.76. The van der Waals surface area contributed by atoms with E-state index in [0.29, 0.717) is 29.9 Å². The molecule has 0 aromatic carbocycles. The Morgan fingerprint density at radius 2 is 1.86 bits per heavy atom. The van der Waals surface area contributed by atoms with Crippen LogP contribution in [0.5, 0.6) is 0 Å². The highest BCUT2D eigenvalue weighted by molar-refractivity contribution is 5.92. The van der Waals surface area contributed by atoms with Crippen LogP contribution in [0.15, 0.2) is 4.42 Å². The summed E-state index contributed by atoms with van der Waals surface area (Å²) in [4.78, 5) is 16.0. The summed E-state index contributed by atoms with van der Waals surface area (Å²) in [5.74, 6) is 0.687. The molecule has 1 amide bonds. The van der Waals surface area contributed by atoms with E-state index in [1.165, 1.54) is 38.5 Å². The molecule has 2 N–H and O–H groups in total. The minimum atomic E-state index is -0.175. The van der Waals surface area contributed by atoms with Crippen molar-refractivity contribution in [2.75, 3.05) is 13.1 Å². The van der Waals surface area contributed by atoms with E-state index in [2.05, 4.69) is 15.6 Å². The van der Waals surface area contributed by atoms with E-state index < -0.39 is 0 Å². The number of halogens is 1. The van der Waals surface area contributed by atoms with Crippen molar-refractivity contribution >= 4 is 18.3 Å². The first-order chi connectivity index (χ1) is 9.66. The van der Waals surface area contributed by atoms with Gasteiger partial charge < -0.3 is 15.1 Å². The SMILES string of the molecule is Cc1nc(C)c(C(=O)NCCNC2CCCCCC2)o1.Cl. The summed E-state index contributed by atoms with van der Waals surface area (Å²) in [6, 6.07) is 0.615. The van der Waals surface area contributed by atoms with Crippen LogP contribution in [0.1, 0.15) is 60.7 Å². The summed E-state index contributed by atoms with van der Waals surface area (Å²) in [5.41, 5.74) is 0.650. The molecule has 1 aromatic heterocycles. The summed E-state index contributed by atoms with van der Waals surface area (Å²) >= 11 is 0. The molecule has 5 nitrogen and oxygen atoms in total. The number of carbonyl (C=O) groups is 1. The first-order valence-corrected chi connectivity index (χ1v) is 7.62. The predicted octanol–water partition coefficient (Wildman–Crippen LogP) is 2.76. The second kappa shape index (κ2) is 9.05. The highest BCUT2D eigenvalue weighted by Crippen LogP contribution is 2.16.